The molecule has 0 saturated carbocycles. The van der Waals surface area contributed by atoms with E-state index in [9.17, 15) is 0 Å². The molecule has 5 heteroatoms. The molecule has 3 nitrogen and oxygen atoms in total. The quantitative estimate of drug-likeness (QED) is 0.562. The van der Waals surface area contributed by atoms with Crippen LogP contribution in [0.15, 0.2) is 29.2 Å². The third-order valence-corrected chi connectivity index (χ3v) is 5.12. The van der Waals surface area contributed by atoms with Crippen molar-refractivity contribution in [3.8, 4) is 0 Å². The van der Waals surface area contributed by atoms with Crippen molar-refractivity contribution in [2.24, 2.45) is 0 Å². The molecule has 0 bridgehead atoms. The first-order valence-corrected chi connectivity index (χ1v) is 9.01. The fourth-order valence-corrected chi connectivity index (χ4v) is 3.98. The van der Waals surface area contributed by atoms with Gasteiger partial charge in [-0.05, 0) is 47.6 Å². The van der Waals surface area contributed by atoms with Crippen LogP contribution in [0.3, 0.4) is 0 Å². The van der Waals surface area contributed by atoms with Crippen LogP contribution < -0.4 is 5.32 Å². The van der Waals surface area contributed by atoms with Crippen LogP contribution in [-0.4, -0.2) is 17.0 Å². The van der Waals surface area contributed by atoms with E-state index in [1.54, 1.807) is 11.8 Å². The molecule has 0 amide bonds. The average molecular weight is 413 g/mol. The second-order valence-corrected chi connectivity index (χ2v) is 7.33. The Morgan fingerprint density at radius 1 is 1.29 bits per heavy atom. The molecule has 0 fully saturated rings. The molecule has 1 aromatic heterocycles. The highest BCUT2D eigenvalue weighted by molar-refractivity contribution is 14.1. The van der Waals surface area contributed by atoms with E-state index in [1.165, 1.54) is 10.5 Å². The molecule has 1 aromatic carbocycles. The summed E-state index contributed by atoms with van der Waals surface area (Å²) < 4.78 is 1.12. The summed E-state index contributed by atoms with van der Waals surface area (Å²) in [5, 5.41) is 3.17. The maximum Gasteiger partial charge on any atom is 0.143 e. The summed E-state index contributed by atoms with van der Waals surface area (Å²) in [7, 11) is 1.91. The van der Waals surface area contributed by atoms with Crippen molar-refractivity contribution in [2.45, 2.75) is 37.3 Å². The summed E-state index contributed by atoms with van der Waals surface area (Å²) in [4.78, 5) is 10.6. The van der Waals surface area contributed by atoms with Gasteiger partial charge in [0.05, 0.1) is 15.0 Å². The van der Waals surface area contributed by atoms with Gasteiger partial charge in [0.2, 0.25) is 0 Å². The molecule has 0 aliphatic heterocycles. The first-order chi connectivity index (χ1) is 10.0. The molecule has 0 radical (unpaired) electrons. The van der Waals surface area contributed by atoms with Crippen molar-refractivity contribution in [3.05, 3.63) is 44.9 Å². The zero-order valence-electron chi connectivity index (χ0n) is 12.8. The van der Waals surface area contributed by atoms with Gasteiger partial charge in [0.15, 0.2) is 0 Å². The number of nitrogens with one attached hydrogen (secondary N) is 1. The van der Waals surface area contributed by atoms with Crippen molar-refractivity contribution >= 4 is 40.2 Å². The lowest BCUT2D eigenvalue weighted by Crippen LogP contribution is -2.08. The fourth-order valence-electron chi connectivity index (χ4n) is 1.98. The highest BCUT2D eigenvalue weighted by atomic mass is 127. The van der Waals surface area contributed by atoms with Gasteiger partial charge < -0.3 is 5.32 Å². The number of halogens is 1. The Morgan fingerprint density at radius 3 is 2.67 bits per heavy atom. The smallest absolute Gasteiger partial charge is 0.143 e. The number of anilines is 1. The van der Waals surface area contributed by atoms with Crippen molar-refractivity contribution in [2.75, 3.05) is 12.4 Å². The van der Waals surface area contributed by atoms with Crippen molar-refractivity contribution in [3.63, 3.8) is 0 Å². The molecular weight excluding hydrogens is 393 g/mol. The van der Waals surface area contributed by atoms with Gasteiger partial charge in [0.25, 0.3) is 0 Å². The minimum absolute atomic E-state index is 0.398. The molecule has 0 atom stereocenters. The third kappa shape index (κ3) is 4.32. The number of thioether (sulfide) groups is 1. The molecule has 0 aliphatic carbocycles. The number of aryl methyl sites for hydroxylation is 1. The second-order valence-electron chi connectivity index (χ2n) is 5.20. The van der Waals surface area contributed by atoms with E-state index in [-0.39, 0.29) is 0 Å². The lowest BCUT2D eigenvalue weighted by atomic mass is 10.1. The molecule has 0 spiro atoms. The predicted octanol–water partition coefficient (Wildman–Crippen LogP) is 4.85. The Hall–Kier alpha value is -0.820. The van der Waals surface area contributed by atoms with E-state index in [0.29, 0.717) is 5.92 Å². The largest absolute Gasteiger partial charge is 0.372 e. The summed E-state index contributed by atoms with van der Waals surface area (Å²) >= 11 is 4.10. The van der Waals surface area contributed by atoms with Crippen molar-refractivity contribution in [1.29, 1.82) is 0 Å². The summed E-state index contributed by atoms with van der Waals surface area (Å²) in [5.41, 5.74) is 2.40. The van der Waals surface area contributed by atoms with E-state index < -0.39 is 0 Å². The van der Waals surface area contributed by atoms with Crippen LogP contribution in [0, 0.1) is 10.5 Å². The molecule has 1 N–H and O–H groups in total. The van der Waals surface area contributed by atoms with Gasteiger partial charge in [-0.25, -0.2) is 9.97 Å². The standard InChI is InChI=1S/C16H20IN3S/c1-10(2)15-14(17)16(18-4)20-13(19-15)9-21-12-7-5-6-11(3)8-12/h5-8,10H,9H2,1-4H3,(H,18,19,20). The fraction of sp³-hybridized carbons (Fsp3) is 0.375. The van der Waals surface area contributed by atoms with Crippen molar-refractivity contribution < 1.29 is 0 Å². The Kier molecular flexibility index (Phi) is 5.87. The van der Waals surface area contributed by atoms with Crippen molar-refractivity contribution in [1.82, 2.24) is 9.97 Å². The molecule has 21 heavy (non-hydrogen) atoms. The van der Waals surface area contributed by atoms with E-state index in [2.05, 4.69) is 77.9 Å². The van der Waals surface area contributed by atoms with Gasteiger partial charge in [-0.1, -0.05) is 31.5 Å². The summed E-state index contributed by atoms with van der Waals surface area (Å²) in [6, 6.07) is 8.53. The highest BCUT2D eigenvalue weighted by Gasteiger charge is 2.14. The molecule has 0 saturated heterocycles. The summed E-state index contributed by atoms with van der Waals surface area (Å²) in [5.74, 6) is 2.99. The van der Waals surface area contributed by atoms with Gasteiger partial charge in [-0.3, -0.25) is 0 Å². The maximum absolute atomic E-state index is 4.74. The lowest BCUT2D eigenvalue weighted by molar-refractivity contribution is 0.792. The first kappa shape index (κ1) is 16.5. The number of hydrogen-bond acceptors (Lipinski definition) is 4. The normalized spacial score (nSPS) is 11.0. The van der Waals surface area contributed by atoms with E-state index in [4.69, 9.17) is 4.98 Å². The molecule has 112 valence electrons. The minimum atomic E-state index is 0.398. The molecule has 2 aromatic rings. The van der Waals surface area contributed by atoms with E-state index >= 15 is 0 Å². The lowest BCUT2D eigenvalue weighted by Gasteiger charge is -2.13. The highest BCUT2D eigenvalue weighted by Crippen LogP contribution is 2.27. The Balaban J connectivity index is 2.22. The zero-order valence-corrected chi connectivity index (χ0v) is 15.7. The molecule has 0 unspecified atom stereocenters. The number of rotatable bonds is 5. The Morgan fingerprint density at radius 2 is 2.05 bits per heavy atom. The van der Waals surface area contributed by atoms with Gasteiger partial charge in [0.1, 0.15) is 11.6 Å². The van der Waals surface area contributed by atoms with E-state index in [1.807, 2.05) is 7.05 Å². The Bertz CT molecular complexity index is 629. The molecule has 0 aliphatic rings. The minimum Gasteiger partial charge on any atom is -0.372 e. The van der Waals surface area contributed by atoms with Gasteiger partial charge in [-0.15, -0.1) is 11.8 Å². The van der Waals surface area contributed by atoms with Gasteiger partial charge >= 0.3 is 0 Å². The first-order valence-electron chi connectivity index (χ1n) is 6.94. The number of nitrogens with zero attached hydrogens (tertiary/aromatic N) is 2. The SMILES string of the molecule is CNc1nc(CSc2cccc(C)c2)nc(C(C)C)c1I. The van der Waals surface area contributed by atoms with Crippen LogP contribution in [0.1, 0.15) is 36.8 Å². The molecular formula is C16H20IN3S. The Labute approximate surface area is 144 Å². The number of hydrogen-bond donors (Lipinski definition) is 1. The predicted molar refractivity (Wildman–Crippen MR) is 99.1 cm³/mol. The van der Waals surface area contributed by atoms with Crippen LogP contribution in [-0.2, 0) is 5.75 Å². The second kappa shape index (κ2) is 7.45. The van der Waals surface area contributed by atoms with E-state index in [0.717, 1.165) is 26.7 Å². The van der Waals surface area contributed by atoms with Crippen LogP contribution in [0.5, 0.6) is 0 Å². The van der Waals surface area contributed by atoms with Gasteiger partial charge in [-0.2, -0.15) is 0 Å². The monoisotopic (exact) mass is 413 g/mol. The van der Waals surface area contributed by atoms with Crippen LogP contribution in [0.4, 0.5) is 5.82 Å². The third-order valence-electron chi connectivity index (χ3n) is 3.06. The topological polar surface area (TPSA) is 37.8 Å². The number of benzene rings is 1. The molecule has 2 rings (SSSR count). The summed E-state index contributed by atoms with van der Waals surface area (Å²) in [6.45, 7) is 6.45. The zero-order chi connectivity index (χ0) is 15.4. The van der Waals surface area contributed by atoms with Crippen LogP contribution >= 0.6 is 34.4 Å². The maximum atomic E-state index is 4.74. The van der Waals surface area contributed by atoms with Crippen LogP contribution in [0.25, 0.3) is 0 Å². The number of aromatic nitrogens is 2. The average Bonchev–Trinajstić information content (AvgIpc) is 2.46. The molecule has 1 heterocycles. The van der Waals surface area contributed by atoms with Gasteiger partial charge in [0, 0.05) is 11.9 Å². The van der Waals surface area contributed by atoms with Crippen LogP contribution in [0.2, 0.25) is 0 Å². The summed E-state index contributed by atoms with van der Waals surface area (Å²) in [6.07, 6.45) is 0.